The highest BCUT2D eigenvalue weighted by Gasteiger charge is 2.23. The molecule has 2 rings (SSSR count). The molecule has 1 atom stereocenters. The van der Waals surface area contributed by atoms with Crippen molar-refractivity contribution < 1.29 is 4.74 Å². The molecule has 1 aliphatic heterocycles. The molecule has 1 aromatic heterocycles. The number of hydrogen-bond acceptors (Lipinski definition) is 5. The van der Waals surface area contributed by atoms with Gasteiger partial charge in [0.05, 0.1) is 6.10 Å². The molecule has 0 saturated carbocycles. The van der Waals surface area contributed by atoms with Gasteiger partial charge in [0, 0.05) is 19.7 Å². The molecule has 2 heterocycles. The first-order valence-corrected chi connectivity index (χ1v) is 6.72. The Kier molecular flexibility index (Phi) is 4.60. The minimum atomic E-state index is 0.256. The van der Waals surface area contributed by atoms with Crippen LogP contribution in [0.15, 0.2) is 6.33 Å². The van der Waals surface area contributed by atoms with E-state index in [9.17, 15) is 0 Å². The summed E-state index contributed by atoms with van der Waals surface area (Å²) >= 11 is 6.15. The van der Waals surface area contributed by atoms with Crippen molar-refractivity contribution in [3.8, 4) is 0 Å². The number of nitrogen functional groups attached to an aromatic ring is 1. The molecule has 2 N–H and O–H groups in total. The van der Waals surface area contributed by atoms with E-state index in [1.165, 1.54) is 6.33 Å². The van der Waals surface area contributed by atoms with Gasteiger partial charge in [0.15, 0.2) is 5.82 Å². The first-order valence-electron chi connectivity index (χ1n) is 6.35. The standard InChI is InChI=1S/C12H19ClN4O/c1-2-6-18-9-4-3-5-17(7-9)12-10(13)11(14)15-8-16-12/h8-9H,2-7H2,1H3,(H2,14,15,16). The number of halogens is 1. The third-order valence-corrected chi connectivity index (χ3v) is 3.40. The first kappa shape index (κ1) is 13.4. The Morgan fingerprint density at radius 3 is 3.17 bits per heavy atom. The van der Waals surface area contributed by atoms with Crippen molar-refractivity contribution in [1.29, 1.82) is 0 Å². The summed E-state index contributed by atoms with van der Waals surface area (Å²) in [6, 6.07) is 0. The largest absolute Gasteiger partial charge is 0.382 e. The second-order valence-corrected chi connectivity index (χ2v) is 4.86. The SMILES string of the molecule is CCCOC1CCCN(c2ncnc(N)c2Cl)C1. The van der Waals surface area contributed by atoms with Crippen LogP contribution in [0.3, 0.4) is 0 Å². The van der Waals surface area contributed by atoms with Crippen LogP contribution in [0, 0.1) is 0 Å². The van der Waals surface area contributed by atoms with Crippen molar-refractivity contribution in [2.24, 2.45) is 0 Å². The van der Waals surface area contributed by atoms with E-state index >= 15 is 0 Å². The maximum absolute atomic E-state index is 6.15. The van der Waals surface area contributed by atoms with E-state index in [4.69, 9.17) is 22.1 Å². The molecular weight excluding hydrogens is 252 g/mol. The number of nitrogens with zero attached hydrogens (tertiary/aromatic N) is 3. The molecular formula is C12H19ClN4O. The Morgan fingerprint density at radius 1 is 1.56 bits per heavy atom. The lowest BCUT2D eigenvalue weighted by atomic mass is 10.1. The Labute approximate surface area is 112 Å². The average molecular weight is 271 g/mol. The molecule has 0 bridgehead atoms. The minimum Gasteiger partial charge on any atom is -0.382 e. The number of piperidine rings is 1. The predicted octanol–water partition coefficient (Wildman–Crippen LogP) is 2.11. The molecule has 100 valence electrons. The highest BCUT2D eigenvalue weighted by atomic mass is 35.5. The van der Waals surface area contributed by atoms with Gasteiger partial charge in [0.2, 0.25) is 0 Å². The molecule has 18 heavy (non-hydrogen) atoms. The van der Waals surface area contributed by atoms with Crippen molar-refractivity contribution in [2.75, 3.05) is 30.3 Å². The van der Waals surface area contributed by atoms with Crippen LogP contribution < -0.4 is 10.6 Å². The number of rotatable bonds is 4. The van der Waals surface area contributed by atoms with Crippen LogP contribution in [0.2, 0.25) is 5.02 Å². The fourth-order valence-electron chi connectivity index (χ4n) is 2.15. The van der Waals surface area contributed by atoms with Gasteiger partial charge in [-0.2, -0.15) is 0 Å². The number of aromatic nitrogens is 2. The van der Waals surface area contributed by atoms with Crippen LogP contribution in [-0.2, 0) is 4.74 Å². The summed E-state index contributed by atoms with van der Waals surface area (Å²) in [4.78, 5) is 10.2. The van der Waals surface area contributed by atoms with Crippen molar-refractivity contribution in [2.45, 2.75) is 32.3 Å². The Hall–Kier alpha value is -1.07. The second kappa shape index (κ2) is 6.20. The molecule has 0 amide bonds. The summed E-state index contributed by atoms with van der Waals surface area (Å²) in [6.07, 6.45) is 4.92. The van der Waals surface area contributed by atoms with E-state index in [1.54, 1.807) is 0 Å². The van der Waals surface area contributed by atoms with Crippen LogP contribution in [0.5, 0.6) is 0 Å². The number of nitrogens with two attached hydrogens (primary N) is 1. The van der Waals surface area contributed by atoms with E-state index in [-0.39, 0.29) is 6.10 Å². The summed E-state index contributed by atoms with van der Waals surface area (Å²) in [5, 5.41) is 0.439. The van der Waals surface area contributed by atoms with Crippen LogP contribution in [0.25, 0.3) is 0 Å². The van der Waals surface area contributed by atoms with Crippen LogP contribution >= 0.6 is 11.6 Å². The molecule has 5 nitrogen and oxygen atoms in total. The second-order valence-electron chi connectivity index (χ2n) is 4.48. The fraction of sp³-hybridized carbons (Fsp3) is 0.667. The monoisotopic (exact) mass is 270 g/mol. The van der Waals surface area contributed by atoms with E-state index in [0.29, 0.717) is 16.7 Å². The quantitative estimate of drug-likeness (QED) is 0.908. The summed E-state index contributed by atoms with van der Waals surface area (Å²) in [5.74, 6) is 1.05. The third kappa shape index (κ3) is 3.03. The average Bonchev–Trinajstić information content (AvgIpc) is 2.40. The summed E-state index contributed by atoms with van der Waals surface area (Å²) in [6.45, 7) is 4.67. The molecule has 0 aromatic carbocycles. The number of ether oxygens (including phenoxy) is 1. The molecule has 1 aliphatic rings. The molecule has 1 aromatic rings. The molecule has 0 spiro atoms. The van der Waals surface area contributed by atoms with E-state index in [2.05, 4.69) is 21.8 Å². The summed E-state index contributed by atoms with van der Waals surface area (Å²) < 4.78 is 5.79. The Morgan fingerprint density at radius 2 is 2.39 bits per heavy atom. The highest BCUT2D eigenvalue weighted by Crippen LogP contribution is 2.29. The van der Waals surface area contributed by atoms with Crippen molar-refractivity contribution in [3.63, 3.8) is 0 Å². The van der Waals surface area contributed by atoms with Gasteiger partial charge >= 0.3 is 0 Å². The fourth-order valence-corrected chi connectivity index (χ4v) is 2.36. The lowest BCUT2D eigenvalue weighted by Crippen LogP contribution is -2.40. The van der Waals surface area contributed by atoms with E-state index in [1.807, 2.05) is 0 Å². The van der Waals surface area contributed by atoms with Gasteiger partial charge in [-0.25, -0.2) is 9.97 Å². The zero-order valence-corrected chi connectivity index (χ0v) is 11.4. The maximum Gasteiger partial charge on any atom is 0.153 e. The normalized spacial score (nSPS) is 20.1. The molecule has 6 heteroatoms. The molecule has 1 fully saturated rings. The maximum atomic E-state index is 6.15. The topological polar surface area (TPSA) is 64.3 Å². The van der Waals surface area contributed by atoms with Gasteiger partial charge in [0.25, 0.3) is 0 Å². The van der Waals surface area contributed by atoms with Gasteiger partial charge in [-0.3, -0.25) is 0 Å². The van der Waals surface area contributed by atoms with Gasteiger partial charge in [-0.15, -0.1) is 0 Å². The number of hydrogen-bond donors (Lipinski definition) is 1. The third-order valence-electron chi connectivity index (χ3n) is 3.03. The van der Waals surface area contributed by atoms with Gasteiger partial charge < -0.3 is 15.4 Å². The zero-order chi connectivity index (χ0) is 13.0. The Balaban J connectivity index is 2.06. The lowest BCUT2D eigenvalue weighted by Gasteiger charge is -2.33. The highest BCUT2D eigenvalue weighted by molar-refractivity contribution is 6.35. The minimum absolute atomic E-state index is 0.256. The number of anilines is 2. The van der Waals surface area contributed by atoms with Crippen LogP contribution in [-0.4, -0.2) is 35.8 Å². The molecule has 0 aliphatic carbocycles. The summed E-state index contributed by atoms with van der Waals surface area (Å²) in [5.41, 5.74) is 5.70. The first-order chi connectivity index (χ1) is 8.72. The lowest BCUT2D eigenvalue weighted by molar-refractivity contribution is 0.0439. The van der Waals surface area contributed by atoms with Crippen LogP contribution in [0.4, 0.5) is 11.6 Å². The molecule has 0 radical (unpaired) electrons. The van der Waals surface area contributed by atoms with E-state index < -0.39 is 0 Å². The smallest absolute Gasteiger partial charge is 0.153 e. The van der Waals surface area contributed by atoms with Crippen LogP contribution in [0.1, 0.15) is 26.2 Å². The molecule has 1 saturated heterocycles. The summed E-state index contributed by atoms with van der Waals surface area (Å²) in [7, 11) is 0. The van der Waals surface area contributed by atoms with Crippen molar-refractivity contribution in [3.05, 3.63) is 11.3 Å². The van der Waals surface area contributed by atoms with Gasteiger partial charge in [0.1, 0.15) is 17.2 Å². The van der Waals surface area contributed by atoms with E-state index in [0.717, 1.165) is 39.0 Å². The van der Waals surface area contributed by atoms with Gasteiger partial charge in [-0.05, 0) is 19.3 Å². The van der Waals surface area contributed by atoms with Crippen molar-refractivity contribution >= 4 is 23.2 Å². The van der Waals surface area contributed by atoms with Gasteiger partial charge in [-0.1, -0.05) is 18.5 Å². The predicted molar refractivity (Wildman–Crippen MR) is 72.9 cm³/mol. The zero-order valence-electron chi connectivity index (χ0n) is 10.6. The van der Waals surface area contributed by atoms with Crippen molar-refractivity contribution in [1.82, 2.24) is 9.97 Å². The molecule has 1 unspecified atom stereocenters. The Bertz CT molecular complexity index is 402.